The van der Waals surface area contributed by atoms with E-state index in [0.717, 1.165) is 5.56 Å². The maximum atomic E-state index is 14.4. The summed E-state index contributed by atoms with van der Waals surface area (Å²) in [4.78, 5) is 37.3. The summed E-state index contributed by atoms with van der Waals surface area (Å²) in [5.74, 6) is -0.394. The molecule has 2 amide bonds. The maximum Gasteiger partial charge on any atom is 0.254 e. The number of ether oxygens (including phenoxy) is 2. The number of nitrogens with zero attached hydrogens (tertiary/aromatic N) is 4. The van der Waals surface area contributed by atoms with Crippen molar-refractivity contribution in [3.63, 3.8) is 0 Å². The number of hydrogen-bond acceptors (Lipinski definition) is 6. The lowest BCUT2D eigenvalue weighted by Crippen LogP contribution is -2.53. The maximum absolute atomic E-state index is 14.4. The molecule has 2 aliphatic rings. The molecule has 2 aromatic carbocycles. The summed E-state index contributed by atoms with van der Waals surface area (Å²) < 4.78 is 25.3. The first-order chi connectivity index (χ1) is 17.9. The van der Waals surface area contributed by atoms with E-state index in [-0.39, 0.29) is 17.6 Å². The first kappa shape index (κ1) is 24.5. The lowest BCUT2D eigenvalue weighted by atomic mass is 9.79. The van der Waals surface area contributed by atoms with Crippen LogP contribution in [-0.2, 0) is 4.79 Å². The Morgan fingerprint density at radius 3 is 2.35 bits per heavy atom. The summed E-state index contributed by atoms with van der Waals surface area (Å²) in [7, 11) is 4.74. The van der Waals surface area contributed by atoms with E-state index in [9.17, 15) is 14.0 Å². The number of benzene rings is 2. The molecule has 1 saturated heterocycles. The van der Waals surface area contributed by atoms with E-state index >= 15 is 0 Å². The lowest BCUT2D eigenvalue weighted by Gasteiger charge is -2.43. The minimum atomic E-state index is -0.679. The normalized spacial score (nSPS) is 19.5. The second-order valence-electron chi connectivity index (χ2n) is 9.18. The predicted molar refractivity (Wildman–Crippen MR) is 137 cm³/mol. The van der Waals surface area contributed by atoms with Crippen LogP contribution in [0.5, 0.6) is 11.5 Å². The molecule has 1 aromatic heterocycles. The Morgan fingerprint density at radius 2 is 1.70 bits per heavy atom. The molecule has 192 valence electrons. The zero-order valence-corrected chi connectivity index (χ0v) is 21.1. The monoisotopic (exact) mass is 504 g/mol. The van der Waals surface area contributed by atoms with Crippen LogP contribution in [-0.4, -0.2) is 74.0 Å². The van der Waals surface area contributed by atoms with Gasteiger partial charge in [-0.15, -0.1) is 0 Å². The highest BCUT2D eigenvalue weighted by Gasteiger charge is 2.45. The third-order valence-electron chi connectivity index (χ3n) is 7.25. The van der Waals surface area contributed by atoms with Crippen molar-refractivity contribution in [2.24, 2.45) is 0 Å². The van der Waals surface area contributed by atoms with Crippen molar-refractivity contribution in [1.82, 2.24) is 14.8 Å². The molecule has 2 aliphatic heterocycles. The third-order valence-corrected chi connectivity index (χ3v) is 7.25. The fourth-order valence-electron chi connectivity index (χ4n) is 5.35. The molecule has 1 fully saturated rings. The molecule has 3 heterocycles. The van der Waals surface area contributed by atoms with Gasteiger partial charge >= 0.3 is 0 Å². The van der Waals surface area contributed by atoms with Crippen LogP contribution in [0.4, 0.5) is 10.1 Å². The van der Waals surface area contributed by atoms with Gasteiger partial charge < -0.3 is 24.2 Å². The van der Waals surface area contributed by atoms with Gasteiger partial charge in [0.05, 0.1) is 31.9 Å². The van der Waals surface area contributed by atoms with Gasteiger partial charge in [-0.3, -0.25) is 14.6 Å². The molecule has 5 rings (SSSR count). The second kappa shape index (κ2) is 10.1. The molecule has 8 nitrogen and oxygen atoms in total. The first-order valence-electron chi connectivity index (χ1n) is 12.2. The summed E-state index contributed by atoms with van der Waals surface area (Å²) in [6, 6.07) is 13.2. The smallest absolute Gasteiger partial charge is 0.254 e. The number of carbonyl (C=O) groups is 2. The standard InChI is InChI=1S/C28H29FN4O4/c1-31-26(18-7-6-10-30-17-18)25(19-15-23(36-2)24(37-3)16-20(19)27(31)34)28(35)33-13-11-32(12-14-33)22-9-5-4-8-21(22)29/h4-10,15-17,25-26H,11-14H2,1-3H3/t25-,26-/m1/s1. The second-order valence-corrected chi connectivity index (χ2v) is 9.18. The Bertz CT molecular complexity index is 1310. The molecule has 0 saturated carbocycles. The van der Waals surface area contributed by atoms with Crippen LogP contribution in [0.25, 0.3) is 0 Å². The number of rotatable bonds is 5. The van der Waals surface area contributed by atoms with Crippen molar-refractivity contribution in [3.8, 4) is 11.5 Å². The molecule has 0 aliphatic carbocycles. The number of pyridine rings is 1. The van der Waals surface area contributed by atoms with Crippen LogP contribution in [0.3, 0.4) is 0 Å². The Labute approximate surface area is 215 Å². The van der Waals surface area contributed by atoms with Crippen molar-refractivity contribution < 1.29 is 23.5 Å². The molecule has 0 unspecified atom stereocenters. The van der Waals surface area contributed by atoms with Crippen LogP contribution in [0.2, 0.25) is 0 Å². The number of fused-ring (bicyclic) bond motifs is 1. The zero-order valence-electron chi connectivity index (χ0n) is 21.1. The molecular weight excluding hydrogens is 475 g/mol. The van der Waals surface area contributed by atoms with Gasteiger partial charge in [0.1, 0.15) is 5.82 Å². The highest BCUT2D eigenvalue weighted by molar-refractivity contribution is 6.02. The van der Waals surface area contributed by atoms with E-state index in [4.69, 9.17) is 9.47 Å². The van der Waals surface area contributed by atoms with Gasteiger partial charge in [0.15, 0.2) is 11.5 Å². The highest BCUT2D eigenvalue weighted by Crippen LogP contribution is 2.46. The van der Waals surface area contributed by atoms with Gasteiger partial charge in [-0.2, -0.15) is 0 Å². The van der Waals surface area contributed by atoms with E-state index in [1.54, 1.807) is 59.6 Å². The minimum absolute atomic E-state index is 0.102. The van der Waals surface area contributed by atoms with E-state index in [0.29, 0.717) is 54.5 Å². The van der Waals surface area contributed by atoms with Crippen LogP contribution < -0.4 is 14.4 Å². The van der Waals surface area contributed by atoms with Crippen molar-refractivity contribution >= 4 is 17.5 Å². The Balaban J connectivity index is 1.52. The van der Waals surface area contributed by atoms with Gasteiger partial charge in [0.2, 0.25) is 5.91 Å². The predicted octanol–water partition coefficient (Wildman–Crippen LogP) is 3.50. The number of halogens is 1. The highest BCUT2D eigenvalue weighted by atomic mass is 19.1. The molecule has 0 radical (unpaired) electrons. The zero-order chi connectivity index (χ0) is 26.1. The molecule has 37 heavy (non-hydrogen) atoms. The topological polar surface area (TPSA) is 75.2 Å². The first-order valence-corrected chi connectivity index (χ1v) is 12.2. The SMILES string of the molecule is COc1cc2c(cc1OC)[C@@H](C(=O)N1CCN(c3ccccc3F)CC1)[C@@H](c1cccnc1)N(C)C2=O. The number of amides is 2. The summed E-state index contributed by atoms with van der Waals surface area (Å²) in [6.45, 7) is 1.88. The number of hydrogen-bond donors (Lipinski definition) is 0. The summed E-state index contributed by atoms with van der Waals surface area (Å²) in [6.07, 6.45) is 3.35. The van der Waals surface area contributed by atoms with Crippen molar-refractivity contribution in [1.29, 1.82) is 0 Å². The molecule has 0 spiro atoms. The Morgan fingerprint density at radius 1 is 1.00 bits per heavy atom. The molecular formula is C28H29FN4O4. The number of carbonyl (C=O) groups excluding carboxylic acids is 2. The van der Waals surface area contributed by atoms with Crippen LogP contribution in [0.1, 0.15) is 33.4 Å². The number of aromatic nitrogens is 1. The van der Waals surface area contributed by atoms with E-state index < -0.39 is 12.0 Å². The molecule has 0 N–H and O–H groups in total. The average molecular weight is 505 g/mol. The fourth-order valence-corrected chi connectivity index (χ4v) is 5.35. The molecule has 2 atom stereocenters. The van der Waals surface area contributed by atoms with Crippen LogP contribution >= 0.6 is 0 Å². The van der Waals surface area contributed by atoms with Crippen molar-refractivity contribution in [2.45, 2.75) is 12.0 Å². The largest absolute Gasteiger partial charge is 0.493 e. The number of piperazine rings is 1. The summed E-state index contributed by atoms with van der Waals surface area (Å²) >= 11 is 0. The Hall–Kier alpha value is -4.14. The van der Waals surface area contributed by atoms with Gasteiger partial charge in [-0.05, 0) is 41.5 Å². The summed E-state index contributed by atoms with van der Waals surface area (Å²) in [5.41, 5.74) is 2.30. The number of likely N-dealkylation sites (N-methyl/N-ethyl adjacent to an activating group) is 1. The van der Waals surface area contributed by atoms with Gasteiger partial charge in [-0.1, -0.05) is 18.2 Å². The van der Waals surface area contributed by atoms with Gasteiger partial charge in [-0.25, -0.2) is 4.39 Å². The van der Waals surface area contributed by atoms with Crippen molar-refractivity contribution in [2.75, 3.05) is 52.3 Å². The molecule has 0 bridgehead atoms. The lowest BCUT2D eigenvalue weighted by molar-refractivity contribution is -0.134. The summed E-state index contributed by atoms with van der Waals surface area (Å²) in [5, 5.41) is 0. The van der Waals surface area contributed by atoms with Crippen LogP contribution in [0.15, 0.2) is 60.9 Å². The Kier molecular flexibility index (Phi) is 6.69. The van der Waals surface area contributed by atoms with E-state index in [1.807, 2.05) is 17.0 Å². The minimum Gasteiger partial charge on any atom is -0.493 e. The van der Waals surface area contributed by atoms with E-state index in [2.05, 4.69) is 4.98 Å². The number of methoxy groups -OCH3 is 2. The third kappa shape index (κ3) is 4.34. The van der Waals surface area contributed by atoms with Gasteiger partial charge in [0.25, 0.3) is 5.91 Å². The van der Waals surface area contributed by atoms with Gasteiger partial charge in [0, 0.05) is 51.2 Å². The molecule has 3 aromatic rings. The van der Waals surface area contributed by atoms with Crippen LogP contribution in [0, 0.1) is 5.82 Å². The fraction of sp³-hybridized carbons (Fsp3) is 0.321. The molecule has 9 heteroatoms. The number of anilines is 1. The van der Waals surface area contributed by atoms with Crippen molar-refractivity contribution in [3.05, 3.63) is 83.4 Å². The number of para-hydroxylation sites is 1. The van der Waals surface area contributed by atoms with E-state index in [1.165, 1.54) is 20.3 Å². The quantitative estimate of drug-likeness (QED) is 0.530. The average Bonchev–Trinajstić information content (AvgIpc) is 2.94.